The molecule has 0 heterocycles. The zero-order valence-corrected chi connectivity index (χ0v) is 12.7. The Morgan fingerprint density at radius 2 is 1.52 bits per heavy atom. The van der Waals surface area contributed by atoms with Gasteiger partial charge in [-0.2, -0.15) is 13.2 Å². The van der Waals surface area contributed by atoms with Crippen molar-refractivity contribution in [3.8, 4) is 0 Å². The lowest BCUT2D eigenvalue weighted by Crippen LogP contribution is -2.27. The van der Waals surface area contributed by atoms with E-state index in [0.29, 0.717) is 18.4 Å². The summed E-state index contributed by atoms with van der Waals surface area (Å²) in [7, 11) is 0. The fourth-order valence-electron chi connectivity index (χ4n) is 2.40. The van der Waals surface area contributed by atoms with Gasteiger partial charge < -0.3 is 11.5 Å². The first kappa shape index (κ1) is 18.0. The van der Waals surface area contributed by atoms with Crippen molar-refractivity contribution >= 4 is 0 Å². The van der Waals surface area contributed by atoms with E-state index < -0.39 is 11.7 Å². The van der Waals surface area contributed by atoms with Crippen LogP contribution in [0.2, 0.25) is 0 Å². The van der Waals surface area contributed by atoms with Gasteiger partial charge in [-0.05, 0) is 43.2 Å². The molecule has 0 saturated heterocycles. The van der Waals surface area contributed by atoms with Crippen LogP contribution in [0.3, 0.4) is 0 Å². The normalized spacial score (nSPS) is 16.5. The molecule has 1 aromatic carbocycles. The van der Waals surface area contributed by atoms with Crippen molar-refractivity contribution in [3.05, 3.63) is 35.4 Å². The van der Waals surface area contributed by atoms with Crippen molar-refractivity contribution in [2.45, 2.75) is 63.7 Å². The molecule has 1 rings (SSSR count). The van der Waals surface area contributed by atoms with E-state index in [4.69, 9.17) is 11.5 Å². The molecule has 0 aromatic heterocycles. The minimum absolute atomic E-state index is 0.0198. The summed E-state index contributed by atoms with van der Waals surface area (Å²) >= 11 is 0. The molecule has 0 amide bonds. The zero-order chi connectivity index (χ0) is 16.0. The van der Waals surface area contributed by atoms with Crippen LogP contribution in [0, 0.1) is 0 Å². The van der Waals surface area contributed by atoms with E-state index in [0.717, 1.165) is 18.9 Å². The summed E-state index contributed by atoms with van der Waals surface area (Å²) in [6, 6.07) is 5.49. The van der Waals surface area contributed by atoms with Gasteiger partial charge in [0, 0.05) is 12.1 Å². The minimum Gasteiger partial charge on any atom is -0.328 e. The third-order valence-electron chi connectivity index (χ3n) is 3.91. The first-order valence-electron chi connectivity index (χ1n) is 7.46. The topological polar surface area (TPSA) is 52.0 Å². The van der Waals surface area contributed by atoms with Crippen LogP contribution in [-0.2, 0) is 6.18 Å². The Kier molecular flexibility index (Phi) is 6.68. The highest BCUT2D eigenvalue weighted by atomic mass is 19.4. The fourth-order valence-corrected chi connectivity index (χ4v) is 2.40. The molecule has 0 fully saturated rings. The highest BCUT2D eigenvalue weighted by molar-refractivity contribution is 5.28. The highest BCUT2D eigenvalue weighted by Gasteiger charge is 2.31. The van der Waals surface area contributed by atoms with Gasteiger partial charge in [-0.15, -0.1) is 0 Å². The van der Waals surface area contributed by atoms with Crippen LogP contribution in [0.1, 0.15) is 56.6 Å². The van der Waals surface area contributed by atoms with Crippen LogP contribution in [0.4, 0.5) is 13.2 Å². The van der Waals surface area contributed by atoms with E-state index in [1.807, 2.05) is 13.8 Å². The Balaban J connectivity index is 3.01. The number of rotatable bonds is 7. The summed E-state index contributed by atoms with van der Waals surface area (Å²) in [5.74, 6) is -0.0304. The fraction of sp³-hybridized carbons (Fsp3) is 0.625. The molecule has 0 aliphatic carbocycles. The van der Waals surface area contributed by atoms with Gasteiger partial charge in [0.05, 0.1) is 5.56 Å². The van der Waals surface area contributed by atoms with Crippen LogP contribution in [0.25, 0.3) is 0 Å². The summed E-state index contributed by atoms with van der Waals surface area (Å²) in [5.41, 5.74) is 12.0. The van der Waals surface area contributed by atoms with Gasteiger partial charge in [0.1, 0.15) is 0 Å². The van der Waals surface area contributed by atoms with Crippen molar-refractivity contribution in [3.63, 3.8) is 0 Å². The highest BCUT2D eigenvalue weighted by Crippen LogP contribution is 2.33. The third-order valence-corrected chi connectivity index (χ3v) is 3.91. The van der Waals surface area contributed by atoms with Crippen LogP contribution in [0.15, 0.2) is 24.3 Å². The van der Waals surface area contributed by atoms with Gasteiger partial charge in [0.25, 0.3) is 0 Å². The molecule has 2 nitrogen and oxygen atoms in total. The van der Waals surface area contributed by atoms with Gasteiger partial charge in [-0.3, -0.25) is 0 Å². The van der Waals surface area contributed by atoms with Gasteiger partial charge in [-0.25, -0.2) is 0 Å². The van der Waals surface area contributed by atoms with Crippen LogP contribution < -0.4 is 11.5 Å². The molecule has 5 heteroatoms. The van der Waals surface area contributed by atoms with Crippen LogP contribution in [-0.4, -0.2) is 12.1 Å². The van der Waals surface area contributed by atoms with Crippen molar-refractivity contribution < 1.29 is 13.2 Å². The van der Waals surface area contributed by atoms with Crippen molar-refractivity contribution in [2.75, 3.05) is 0 Å². The first-order chi connectivity index (χ1) is 9.77. The van der Waals surface area contributed by atoms with Crippen molar-refractivity contribution in [1.29, 1.82) is 0 Å². The van der Waals surface area contributed by atoms with Crippen LogP contribution in [0.5, 0.6) is 0 Å². The second kappa shape index (κ2) is 7.80. The average molecular weight is 302 g/mol. The molecule has 0 bridgehead atoms. The second-order valence-corrected chi connectivity index (χ2v) is 5.63. The Labute approximate surface area is 124 Å². The molecule has 0 radical (unpaired) electrons. The molecule has 0 spiro atoms. The molecule has 0 saturated carbocycles. The molecular formula is C16H25F3N2. The third kappa shape index (κ3) is 5.67. The number of hydrogen-bond acceptors (Lipinski definition) is 2. The van der Waals surface area contributed by atoms with Gasteiger partial charge >= 0.3 is 6.18 Å². The summed E-state index contributed by atoms with van der Waals surface area (Å²) in [4.78, 5) is 0. The smallest absolute Gasteiger partial charge is 0.328 e. The Morgan fingerprint density at radius 3 is 1.95 bits per heavy atom. The average Bonchev–Trinajstić information content (AvgIpc) is 2.45. The molecule has 0 aliphatic rings. The van der Waals surface area contributed by atoms with E-state index in [9.17, 15) is 13.2 Å². The van der Waals surface area contributed by atoms with Gasteiger partial charge in [0.2, 0.25) is 0 Å². The number of benzene rings is 1. The summed E-state index contributed by atoms with van der Waals surface area (Å²) in [5, 5.41) is 0. The predicted molar refractivity (Wildman–Crippen MR) is 80.0 cm³/mol. The number of nitrogens with two attached hydrogens (primary N) is 2. The quantitative estimate of drug-likeness (QED) is 0.798. The van der Waals surface area contributed by atoms with E-state index >= 15 is 0 Å². The van der Waals surface area contributed by atoms with Gasteiger partial charge in [-0.1, -0.05) is 32.0 Å². The van der Waals surface area contributed by atoms with Crippen LogP contribution >= 0.6 is 0 Å². The summed E-state index contributed by atoms with van der Waals surface area (Å²) in [6.45, 7) is 3.96. The van der Waals surface area contributed by atoms with E-state index in [2.05, 4.69) is 0 Å². The zero-order valence-electron chi connectivity index (χ0n) is 12.7. The lowest BCUT2D eigenvalue weighted by molar-refractivity contribution is -0.137. The maximum atomic E-state index is 12.8. The first-order valence-corrected chi connectivity index (χ1v) is 7.46. The summed E-state index contributed by atoms with van der Waals surface area (Å²) < 4.78 is 38.5. The van der Waals surface area contributed by atoms with Crippen molar-refractivity contribution in [2.24, 2.45) is 11.5 Å². The minimum atomic E-state index is -4.32. The molecule has 4 N–H and O–H groups in total. The maximum Gasteiger partial charge on any atom is 0.416 e. The Morgan fingerprint density at radius 1 is 1.00 bits per heavy atom. The molecule has 0 aliphatic heterocycles. The standard InChI is InChI=1S/C16H25F3N2/c1-3-14(20)9-12(10-15(21)4-2)11-6-5-7-13(8-11)16(17,18)19/h5-8,12,14-15H,3-4,9-10,20-21H2,1-2H3. The number of hydrogen-bond donors (Lipinski definition) is 2. The lowest BCUT2D eigenvalue weighted by atomic mass is 9.85. The Hall–Kier alpha value is -1.07. The molecule has 1 aromatic rings. The molecule has 120 valence electrons. The predicted octanol–water partition coefficient (Wildman–Crippen LogP) is 4.04. The SMILES string of the molecule is CCC(N)CC(CC(N)CC)c1cccc(C(F)(F)F)c1. The largest absolute Gasteiger partial charge is 0.416 e. The van der Waals surface area contributed by atoms with E-state index in [-0.39, 0.29) is 18.0 Å². The number of halogens is 3. The van der Waals surface area contributed by atoms with Gasteiger partial charge in [0.15, 0.2) is 0 Å². The molecule has 2 atom stereocenters. The second-order valence-electron chi connectivity index (χ2n) is 5.63. The van der Waals surface area contributed by atoms with E-state index in [1.165, 1.54) is 12.1 Å². The molecule has 2 unspecified atom stereocenters. The maximum absolute atomic E-state index is 12.8. The Bertz CT molecular complexity index is 420. The monoisotopic (exact) mass is 302 g/mol. The summed E-state index contributed by atoms with van der Waals surface area (Å²) in [6.07, 6.45) is -1.40. The number of alkyl halides is 3. The van der Waals surface area contributed by atoms with Crippen molar-refractivity contribution in [1.82, 2.24) is 0 Å². The van der Waals surface area contributed by atoms with E-state index in [1.54, 1.807) is 6.07 Å². The molecular weight excluding hydrogens is 277 g/mol. The lowest BCUT2D eigenvalue weighted by Gasteiger charge is -2.24. The molecule has 21 heavy (non-hydrogen) atoms.